The number of halogens is 2. The van der Waals surface area contributed by atoms with Crippen molar-refractivity contribution >= 4 is 16.9 Å². The molecule has 19 heavy (non-hydrogen) atoms. The van der Waals surface area contributed by atoms with E-state index in [1.807, 2.05) is 0 Å². The second kappa shape index (κ2) is 4.27. The van der Waals surface area contributed by atoms with Crippen LogP contribution in [0, 0.1) is 0 Å². The molecule has 3 rings (SSSR count). The number of nitrogens with one attached hydrogen (secondary N) is 1. The molecule has 1 amide bonds. The number of hydrogen-bond acceptors (Lipinski definition) is 3. The van der Waals surface area contributed by atoms with E-state index in [-0.39, 0.29) is 30.1 Å². The molecule has 1 saturated heterocycles. The van der Waals surface area contributed by atoms with Gasteiger partial charge in [0.15, 0.2) is 5.82 Å². The number of β-amino-alcohol motifs (C(OH)–C–C–N with tert-alkyl or cyclic N) is 1. The first-order chi connectivity index (χ1) is 9.06. The summed E-state index contributed by atoms with van der Waals surface area (Å²) in [5.41, 5.74) is 0.916. The highest BCUT2D eigenvalue weighted by atomic mass is 19.3. The van der Waals surface area contributed by atoms with Crippen molar-refractivity contribution < 1.29 is 18.7 Å². The zero-order valence-electron chi connectivity index (χ0n) is 9.81. The number of para-hydroxylation sites is 1. The molecule has 0 spiro atoms. The van der Waals surface area contributed by atoms with Crippen molar-refractivity contribution in [2.75, 3.05) is 13.1 Å². The zero-order valence-corrected chi connectivity index (χ0v) is 9.81. The topological polar surface area (TPSA) is 69.2 Å². The molecule has 2 heterocycles. The number of rotatable bonds is 2. The minimum absolute atomic E-state index is 0.240. The van der Waals surface area contributed by atoms with Gasteiger partial charge in [0.25, 0.3) is 12.3 Å². The number of alkyl halides is 2. The summed E-state index contributed by atoms with van der Waals surface area (Å²) in [5, 5.41) is 9.19. The molecular weight excluding hydrogens is 256 g/mol. The predicted octanol–water partition coefficient (Wildman–Crippen LogP) is 1.32. The third-order valence-electron chi connectivity index (χ3n) is 3.12. The van der Waals surface area contributed by atoms with E-state index in [0.717, 1.165) is 0 Å². The van der Waals surface area contributed by atoms with Crippen molar-refractivity contribution in [3.05, 3.63) is 29.6 Å². The van der Waals surface area contributed by atoms with Crippen LogP contribution in [-0.4, -0.2) is 45.1 Å². The first-order valence-corrected chi connectivity index (χ1v) is 5.80. The lowest BCUT2D eigenvalue weighted by atomic mass is 10.1. The van der Waals surface area contributed by atoms with Gasteiger partial charge in [-0.25, -0.2) is 13.8 Å². The molecule has 2 N–H and O–H groups in total. The Balaban J connectivity index is 2.01. The molecule has 1 aliphatic rings. The van der Waals surface area contributed by atoms with E-state index in [0.29, 0.717) is 5.52 Å². The first-order valence-electron chi connectivity index (χ1n) is 5.80. The molecule has 100 valence electrons. The Morgan fingerprint density at radius 2 is 2.21 bits per heavy atom. The number of aliphatic hydroxyl groups is 1. The molecule has 2 aromatic rings. The van der Waals surface area contributed by atoms with Gasteiger partial charge in [-0.2, -0.15) is 0 Å². The molecule has 1 aromatic heterocycles. The predicted molar refractivity (Wildman–Crippen MR) is 63.0 cm³/mol. The molecule has 0 saturated carbocycles. The van der Waals surface area contributed by atoms with Crippen molar-refractivity contribution in [2.24, 2.45) is 0 Å². The van der Waals surface area contributed by atoms with E-state index in [9.17, 15) is 18.7 Å². The number of aromatic amines is 1. The molecule has 0 bridgehead atoms. The number of likely N-dealkylation sites (tertiary alicyclic amines) is 1. The number of fused-ring (bicyclic) bond motifs is 1. The van der Waals surface area contributed by atoms with Gasteiger partial charge in [0.2, 0.25) is 0 Å². The normalized spacial score (nSPS) is 16.1. The third-order valence-corrected chi connectivity index (χ3v) is 3.12. The minimum Gasteiger partial charge on any atom is -0.389 e. The van der Waals surface area contributed by atoms with E-state index in [1.54, 1.807) is 18.2 Å². The number of imidazole rings is 1. The summed E-state index contributed by atoms with van der Waals surface area (Å²) in [7, 11) is 0. The zero-order chi connectivity index (χ0) is 13.6. The van der Waals surface area contributed by atoms with Gasteiger partial charge >= 0.3 is 0 Å². The second-order valence-electron chi connectivity index (χ2n) is 4.49. The van der Waals surface area contributed by atoms with E-state index < -0.39 is 18.4 Å². The van der Waals surface area contributed by atoms with Gasteiger partial charge in [-0.05, 0) is 12.1 Å². The first kappa shape index (κ1) is 12.0. The van der Waals surface area contributed by atoms with Crippen LogP contribution in [0.4, 0.5) is 8.78 Å². The fourth-order valence-corrected chi connectivity index (χ4v) is 2.12. The SMILES string of the molecule is O=C(c1cccc2[nH]c(C(F)F)nc12)N1CC(O)C1. The van der Waals surface area contributed by atoms with Gasteiger partial charge in [-0.15, -0.1) is 0 Å². The third kappa shape index (κ3) is 1.95. The number of benzene rings is 1. The number of hydrogen-bond donors (Lipinski definition) is 2. The number of carbonyl (C=O) groups excluding carboxylic acids is 1. The standard InChI is InChI=1S/C12H11F2N3O2/c13-10(14)11-15-8-3-1-2-7(9(8)16-11)12(19)17-4-6(18)5-17/h1-3,6,10,18H,4-5H2,(H,15,16). The number of H-pyrrole nitrogens is 1. The average Bonchev–Trinajstić information content (AvgIpc) is 2.78. The summed E-state index contributed by atoms with van der Waals surface area (Å²) in [4.78, 5) is 19.9. The number of amides is 1. The molecule has 7 heteroatoms. The summed E-state index contributed by atoms with van der Waals surface area (Å²) in [5.74, 6) is -0.748. The van der Waals surface area contributed by atoms with E-state index >= 15 is 0 Å². The van der Waals surface area contributed by atoms with Gasteiger partial charge in [-0.3, -0.25) is 4.79 Å². The smallest absolute Gasteiger partial charge is 0.295 e. The Hall–Kier alpha value is -2.02. The lowest BCUT2D eigenvalue weighted by Crippen LogP contribution is -2.53. The van der Waals surface area contributed by atoms with E-state index in [2.05, 4.69) is 9.97 Å². The highest BCUT2D eigenvalue weighted by Crippen LogP contribution is 2.24. The fraction of sp³-hybridized carbons (Fsp3) is 0.333. The van der Waals surface area contributed by atoms with Gasteiger partial charge in [0.05, 0.1) is 17.2 Å². The molecule has 0 atom stereocenters. The van der Waals surface area contributed by atoms with Crippen LogP contribution in [-0.2, 0) is 0 Å². The van der Waals surface area contributed by atoms with Gasteiger partial charge in [0, 0.05) is 13.1 Å². The van der Waals surface area contributed by atoms with Crippen LogP contribution in [0.3, 0.4) is 0 Å². The Morgan fingerprint density at radius 3 is 2.84 bits per heavy atom. The van der Waals surface area contributed by atoms with Crippen molar-refractivity contribution in [2.45, 2.75) is 12.5 Å². The molecular formula is C12H11F2N3O2. The Labute approximate surface area is 106 Å². The molecule has 1 aliphatic heterocycles. The Bertz CT molecular complexity index is 635. The maximum Gasteiger partial charge on any atom is 0.295 e. The second-order valence-corrected chi connectivity index (χ2v) is 4.49. The maximum atomic E-state index is 12.6. The van der Waals surface area contributed by atoms with Crippen LogP contribution in [0.15, 0.2) is 18.2 Å². The quantitative estimate of drug-likeness (QED) is 0.862. The molecule has 5 nitrogen and oxygen atoms in total. The molecule has 0 unspecified atom stereocenters. The molecule has 0 radical (unpaired) electrons. The van der Waals surface area contributed by atoms with Crippen LogP contribution in [0.25, 0.3) is 11.0 Å². The van der Waals surface area contributed by atoms with Gasteiger partial charge in [-0.1, -0.05) is 6.07 Å². The summed E-state index contributed by atoms with van der Waals surface area (Å²) in [6.07, 6.45) is -3.21. The fourth-order valence-electron chi connectivity index (χ4n) is 2.12. The number of aromatic nitrogens is 2. The lowest BCUT2D eigenvalue weighted by molar-refractivity contribution is 0.00601. The minimum atomic E-state index is -2.71. The number of nitrogens with zero attached hydrogens (tertiary/aromatic N) is 2. The van der Waals surface area contributed by atoms with Crippen LogP contribution < -0.4 is 0 Å². The summed E-state index contributed by atoms with van der Waals surface area (Å²) in [6, 6.07) is 4.75. The summed E-state index contributed by atoms with van der Waals surface area (Å²) >= 11 is 0. The highest BCUT2D eigenvalue weighted by molar-refractivity contribution is 6.05. The Kier molecular flexibility index (Phi) is 2.70. The number of aliphatic hydroxyl groups excluding tert-OH is 1. The molecule has 1 fully saturated rings. The van der Waals surface area contributed by atoms with Crippen molar-refractivity contribution in [1.29, 1.82) is 0 Å². The van der Waals surface area contributed by atoms with Crippen LogP contribution in [0.1, 0.15) is 22.6 Å². The molecule has 1 aromatic carbocycles. The van der Waals surface area contributed by atoms with Crippen LogP contribution in [0.5, 0.6) is 0 Å². The van der Waals surface area contributed by atoms with Crippen LogP contribution in [0.2, 0.25) is 0 Å². The van der Waals surface area contributed by atoms with Crippen molar-refractivity contribution in [3.8, 4) is 0 Å². The van der Waals surface area contributed by atoms with Gasteiger partial charge in [0.1, 0.15) is 5.52 Å². The highest BCUT2D eigenvalue weighted by Gasteiger charge is 2.31. The van der Waals surface area contributed by atoms with Crippen molar-refractivity contribution in [3.63, 3.8) is 0 Å². The Morgan fingerprint density at radius 1 is 1.47 bits per heavy atom. The molecule has 0 aliphatic carbocycles. The lowest BCUT2D eigenvalue weighted by Gasteiger charge is -2.35. The van der Waals surface area contributed by atoms with Crippen molar-refractivity contribution in [1.82, 2.24) is 14.9 Å². The summed E-state index contributed by atoms with van der Waals surface area (Å²) in [6.45, 7) is 0.530. The monoisotopic (exact) mass is 267 g/mol. The summed E-state index contributed by atoms with van der Waals surface area (Å²) < 4.78 is 25.2. The van der Waals surface area contributed by atoms with Gasteiger partial charge < -0.3 is 15.0 Å². The average molecular weight is 267 g/mol. The maximum absolute atomic E-state index is 12.6. The van der Waals surface area contributed by atoms with Crippen LogP contribution >= 0.6 is 0 Å². The van der Waals surface area contributed by atoms with E-state index in [1.165, 1.54) is 4.90 Å². The number of carbonyl (C=O) groups is 1. The van der Waals surface area contributed by atoms with E-state index in [4.69, 9.17) is 0 Å². The largest absolute Gasteiger partial charge is 0.389 e.